The smallest absolute Gasteiger partial charge is 0.0408 e. The molecule has 2 aliphatic carbocycles. The highest BCUT2D eigenvalue weighted by Crippen LogP contribution is 2.42. The van der Waals surface area contributed by atoms with Crippen LogP contribution < -0.4 is 5.73 Å². The van der Waals surface area contributed by atoms with Gasteiger partial charge in [0, 0.05) is 23.7 Å². The molecule has 18 heavy (non-hydrogen) atoms. The van der Waals surface area contributed by atoms with Gasteiger partial charge in [0.1, 0.15) is 0 Å². The second-order valence-electron chi connectivity index (χ2n) is 5.70. The van der Waals surface area contributed by atoms with Crippen LogP contribution in [0.3, 0.4) is 0 Å². The first-order chi connectivity index (χ1) is 8.70. The Balaban J connectivity index is 1.82. The van der Waals surface area contributed by atoms with Crippen molar-refractivity contribution in [3.63, 3.8) is 0 Å². The fourth-order valence-corrected chi connectivity index (χ4v) is 3.58. The molecule has 0 amide bonds. The van der Waals surface area contributed by atoms with E-state index in [0.717, 1.165) is 23.9 Å². The van der Waals surface area contributed by atoms with Crippen molar-refractivity contribution in [2.75, 3.05) is 13.6 Å². The summed E-state index contributed by atoms with van der Waals surface area (Å²) >= 11 is 6.07. The number of hydrogen-bond acceptors (Lipinski definition) is 2. The van der Waals surface area contributed by atoms with E-state index in [9.17, 15) is 0 Å². The molecule has 0 bridgehead atoms. The van der Waals surface area contributed by atoms with Crippen LogP contribution in [0, 0.1) is 5.92 Å². The monoisotopic (exact) mass is 264 g/mol. The topological polar surface area (TPSA) is 29.3 Å². The zero-order chi connectivity index (χ0) is 12.7. The van der Waals surface area contributed by atoms with Gasteiger partial charge in [0.05, 0.1) is 0 Å². The summed E-state index contributed by atoms with van der Waals surface area (Å²) in [5.74, 6) is 0.830. The average Bonchev–Trinajstić information content (AvgIpc) is 3.09. The van der Waals surface area contributed by atoms with E-state index < -0.39 is 0 Å². The summed E-state index contributed by atoms with van der Waals surface area (Å²) in [6, 6.07) is 7.43. The molecular formula is C15H21ClN2. The number of nitrogens with two attached hydrogens (primary N) is 1. The maximum atomic E-state index is 6.07. The first-order valence-electron chi connectivity index (χ1n) is 6.91. The first-order valence-corrected chi connectivity index (χ1v) is 7.29. The molecule has 2 N–H and O–H groups in total. The van der Waals surface area contributed by atoms with Gasteiger partial charge in [-0.15, -0.1) is 0 Å². The molecule has 0 radical (unpaired) electrons. The Labute approximate surface area is 114 Å². The Morgan fingerprint density at radius 1 is 1.39 bits per heavy atom. The lowest BCUT2D eigenvalue weighted by Gasteiger charge is -2.33. The Kier molecular flexibility index (Phi) is 3.35. The first kappa shape index (κ1) is 12.5. The van der Waals surface area contributed by atoms with Gasteiger partial charge in [-0.3, -0.25) is 4.90 Å². The minimum atomic E-state index is 0.534. The highest BCUT2D eigenvalue weighted by molar-refractivity contribution is 6.30. The van der Waals surface area contributed by atoms with E-state index >= 15 is 0 Å². The molecule has 0 heterocycles. The van der Waals surface area contributed by atoms with Crippen molar-refractivity contribution in [2.45, 2.75) is 37.8 Å². The van der Waals surface area contributed by atoms with Crippen molar-refractivity contribution in [3.05, 3.63) is 34.3 Å². The molecule has 2 nitrogen and oxygen atoms in total. The summed E-state index contributed by atoms with van der Waals surface area (Å²) in [7, 11) is 2.24. The third kappa shape index (κ3) is 2.18. The number of nitrogens with zero attached hydrogens (tertiary/aromatic N) is 1. The zero-order valence-electron chi connectivity index (χ0n) is 10.9. The van der Waals surface area contributed by atoms with Crippen LogP contribution in [0.2, 0.25) is 5.02 Å². The third-order valence-corrected chi connectivity index (χ3v) is 4.81. The summed E-state index contributed by atoms with van der Waals surface area (Å²) < 4.78 is 0. The Hall–Kier alpha value is -0.570. The summed E-state index contributed by atoms with van der Waals surface area (Å²) in [5, 5.41) is 0.856. The molecular weight excluding hydrogens is 244 g/mol. The predicted octanol–water partition coefficient (Wildman–Crippen LogP) is 3.00. The van der Waals surface area contributed by atoms with E-state index in [1.807, 2.05) is 6.07 Å². The Bertz CT molecular complexity index is 442. The standard InChI is InChI=1S/C15H21ClN2/c1-18(15(9-17)10-2-3-10)14-7-4-11-8-12(16)5-6-13(11)14/h5-6,8,10,14-15H,2-4,7,9,17H2,1H3. The molecule has 2 atom stereocenters. The van der Waals surface area contributed by atoms with Crippen molar-refractivity contribution in [3.8, 4) is 0 Å². The van der Waals surface area contributed by atoms with Gasteiger partial charge in [0.15, 0.2) is 0 Å². The Morgan fingerprint density at radius 3 is 2.83 bits per heavy atom. The quantitative estimate of drug-likeness (QED) is 0.906. The molecule has 1 saturated carbocycles. The van der Waals surface area contributed by atoms with Crippen molar-refractivity contribution >= 4 is 11.6 Å². The summed E-state index contributed by atoms with van der Waals surface area (Å²) in [6.07, 6.45) is 5.06. The molecule has 2 unspecified atom stereocenters. The Morgan fingerprint density at radius 2 is 2.17 bits per heavy atom. The number of benzene rings is 1. The van der Waals surface area contributed by atoms with Crippen LogP contribution in [0.25, 0.3) is 0 Å². The third-order valence-electron chi connectivity index (χ3n) is 4.57. The van der Waals surface area contributed by atoms with E-state index in [1.54, 1.807) is 0 Å². The fraction of sp³-hybridized carbons (Fsp3) is 0.600. The SMILES string of the molecule is CN(C1CCc2cc(Cl)ccc21)C(CN)C1CC1. The highest BCUT2D eigenvalue weighted by atomic mass is 35.5. The largest absolute Gasteiger partial charge is 0.329 e. The van der Waals surface area contributed by atoms with Gasteiger partial charge in [0.2, 0.25) is 0 Å². The molecule has 1 aromatic rings. The normalized spacial score (nSPS) is 24.3. The van der Waals surface area contributed by atoms with Gasteiger partial charge in [0.25, 0.3) is 0 Å². The van der Waals surface area contributed by atoms with Crippen LogP contribution in [0.1, 0.15) is 36.4 Å². The van der Waals surface area contributed by atoms with Gasteiger partial charge in [-0.1, -0.05) is 17.7 Å². The van der Waals surface area contributed by atoms with E-state index in [4.69, 9.17) is 17.3 Å². The van der Waals surface area contributed by atoms with Crippen LogP contribution in [-0.2, 0) is 6.42 Å². The number of fused-ring (bicyclic) bond motifs is 1. The van der Waals surface area contributed by atoms with Crippen LogP contribution in [-0.4, -0.2) is 24.5 Å². The van der Waals surface area contributed by atoms with Gasteiger partial charge in [-0.2, -0.15) is 0 Å². The van der Waals surface area contributed by atoms with E-state index in [2.05, 4.69) is 24.1 Å². The molecule has 98 valence electrons. The predicted molar refractivity (Wildman–Crippen MR) is 75.8 cm³/mol. The van der Waals surface area contributed by atoms with Crippen LogP contribution in [0.5, 0.6) is 0 Å². The zero-order valence-corrected chi connectivity index (χ0v) is 11.7. The lowest BCUT2D eigenvalue weighted by molar-refractivity contribution is 0.159. The fourth-order valence-electron chi connectivity index (χ4n) is 3.39. The lowest BCUT2D eigenvalue weighted by atomic mass is 10.0. The summed E-state index contributed by atoms with van der Waals surface area (Å²) in [5.41, 5.74) is 8.84. The lowest BCUT2D eigenvalue weighted by Crippen LogP contribution is -2.41. The molecule has 3 heteroatoms. The molecule has 1 fully saturated rings. The number of likely N-dealkylation sites (N-methyl/N-ethyl adjacent to an activating group) is 1. The van der Waals surface area contributed by atoms with Crippen molar-refractivity contribution in [1.82, 2.24) is 4.90 Å². The maximum Gasteiger partial charge on any atom is 0.0408 e. The van der Waals surface area contributed by atoms with Gasteiger partial charge < -0.3 is 5.73 Å². The summed E-state index contributed by atoms with van der Waals surface area (Å²) in [6.45, 7) is 0.778. The number of rotatable bonds is 4. The number of hydrogen-bond donors (Lipinski definition) is 1. The molecule has 0 aromatic heterocycles. The van der Waals surface area contributed by atoms with Crippen molar-refractivity contribution in [1.29, 1.82) is 0 Å². The maximum absolute atomic E-state index is 6.07. The van der Waals surface area contributed by atoms with E-state index in [-0.39, 0.29) is 0 Å². The van der Waals surface area contributed by atoms with Gasteiger partial charge in [-0.25, -0.2) is 0 Å². The molecule has 2 aliphatic rings. The van der Waals surface area contributed by atoms with Crippen LogP contribution in [0.4, 0.5) is 0 Å². The number of halogens is 1. The van der Waals surface area contributed by atoms with Gasteiger partial charge >= 0.3 is 0 Å². The van der Waals surface area contributed by atoms with Crippen LogP contribution >= 0.6 is 11.6 Å². The minimum absolute atomic E-state index is 0.534. The molecule has 1 aromatic carbocycles. The van der Waals surface area contributed by atoms with Gasteiger partial charge in [-0.05, 0) is 61.9 Å². The van der Waals surface area contributed by atoms with E-state index in [1.165, 1.54) is 30.4 Å². The summed E-state index contributed by atoms with van der Waals surface area (Å²) in [4.78, 5) is 2.51. The van der Waals surface area contributed by atoms with E-state index in [0.29, 0.717) is 12.1 Å². The van der Waals surface area contributed by atoms with Crippen molar-refractivity contribution < 1.29 is 0 Å². The second-order valence-corrected chi connectivity index (χ2v) is 6.14. The van der Waals surface area contributed by atoms with Crippen molar-refractivity contribution in [2.24, 2.45) is 11.7 Å². The second kappa shape index (κ2) is 4.84. The molecule has 0 aliphatic heterocycles. The molecule has 0 spiro atoms. The highest BCUT2D eigenvalue weighted by Gasteiger charge is 2.37. The molecule has 0 saturated heterocycles. The van der Waals surface area contributed by atoms with Crippen LogP contribution in [0.15, 0.2) is 18.2 Å². The number of aryl methyl sites for hydroxylation is 1. The molecule has 3 rings (SSSR count). The minimum Gasteiger partial charge on any atom is -0.329 e. The average molecular weight is 265 g/mol.